The van der Waals surface area contributed by atoms with Gasteiger partial charge in [0.25, 0.3) is 0 Å². The first-order valence-corrected chi connectivity index (χ1v) is 5.53. The Morgan fingerprint density at radius 3 is 1.71 bits per heavy atom. The third-order valence-corrected chi connectivity index (χ3v) is 1.31. The van der Waals surface area contributed by atoms with E-state index in [0.717, 1.165) is 5.56 Å². The molecule has 1 nitrogen and oxygen atoms in total. The van der Waals surface area contributed by atoms with Crippen LogP contribution in [-0.2, 0) is 4.79 Å². The Bertz CT molecular complexity index is 260. The molecule has 1 heteroatoms. The third-order valence-electron chi connectivity index (χ3n) is 1.31. The van der Waals surface area contributed by atoms with Gasteiger partial charge < -0.3 is 0 Å². The lowest BCUT2D eigenvalue weighted by Gasteiger charge is -1.88. The first-order valence-electron chi connectivity index (χ1n) is 5.53. The monoisotopic (exact) mass is 238 g/mol. The lowest BCUT2D eigenvalue weighted by atomic mass is 10.2. The maximum atomic E-state index is 10.5. The van der Waals surface area contributed by atoms with Crippen molar-refractivity contribution in [2.45, 2.75) is 49.5 Å². The molecule has 1 aromatic rings. The molecule has 0 unspecified atom stereocenters. The first-order chi connectivity index (χ1) is 7.29. The minimum atomic E-state index is 0. The van der Waals surface area contributed by atoms with Crippen molar-refractivity contribution in [3.63, 3.8) is 0 Å². The van der Waals surface area contributed by atoms with E-state index < -0.39 is 0 Å². The summed E-state index contributed by atoms with van der Waals surface area (Å²) in [6.07, 6.45) is 3.37. The molecule has 0 radical (unpaired) electrons. The number of carbonyl (C=O) groups is 1. The van der Waals surface area contributed by atoms with Gasteiger partial charge in [0, 0.05) is 0 Å². The minimum Gasteiger partial charge on any atom is -0.295 e. The molecular weight excluding hydrogens is 208 g/mol. The molecule has 0 spiro atoms. The molecule has 17 heavy (non-hydrogen) atoms. The highest BCUT2D eigenvalue weighted by atomic mass is 16.1. The molecule has 0 heterocycles. The summed E-state index contributed by atoms with van der Waals surface area (Å²) in [5.41, 5.74) is 1.06. The molecule has 0 atom stereocenters. The Morgan fingerprint density at radius 2 is 1.35 bits per heavy atom. The van der Waals surface area contributed by atoms with Gasteiger partial charge in [-0.3, -0.25) is 4.79 Å². The molecule has 0 amide bonds. The summed E-state index contributed by atoms with van der Waals surface area (Å²) < 4.78 is 0. The van der Waals surface area contributed by atoms with Crippen LogP contribution in [0.25, 0.3) is 6.08 Å². The van der Waals surface area contributed by atoms with Crippen LogP contribution in [0.5, 0.6) is 0 Å². The van der Waals surface area contributed by atoms with Crippen LogP contribution in [0.15, 0.2) is 36.4 Å². The Labute approximate surface area is 109 Å². The normalized spacial score (nSPS) is 7.35. The molecule has 1 rings (SSSR count). The van der Waals surface area contributed by atoms with Gasteiger partial charge in [-0.15, -0.1) is 0 Å². The number of allylic oxidation sites excluding steroid dienone is 1. The van der Waals surface area contributed by atoms with Crippen LogP contribution in [0.1, 0.15) is 55.0 Å². The van der Waals surface area contributed by atoms with E-state index in [-0.39, 0.29) is 20.6 Å². The Balaban J connectivity index is -0.000000128. The van der Waals surface area contributed by atoms with Crippen molar-refractivity contribution < 1.29 is 4.79 Å². The summed E-state index contributed by atoms with van der Waals surface area (Å²) in [6, 6.07) is 9.75. The van der Waals surface area contributed by atoms with Crippen LogP contribution in [0.4, 0.5) is 0 Å². The van der Waals surface area contributed by atoms with Gasteiger partial charge in [-0.25, -0.2) is 0 Å². The van der Waals surface area contributed by atoms with Crippen molar-refractivity contribution in [2.24, 2.45) is 0 Å². The van der Waals surface area contributed by atoms with Crippen molar-refractivity contribution >= 4 is 11.9 Å². The van der Waals surface area contributed by atoms with E-state index in [9.17, 15) is 4.79 Å². The van der Waals surface area contributed by atoms with Gasteiger partial charge >= 0.3 is 0 Å². The zero-order valence-electron chi connectivity index (χ0n) is 10.4. The molecule has 0 aliphatic rings. The van der Waals surface area contributed by atoms with E-state index in [1.165, 1.54) is 0 Å². The van der Waals surface area contributed by atoms with Crippen LogP contribution < -0.4 is 0 Å². The van der Waals surface area contributed by atoms with E-state index in [4.69, 9.17) is 0 Å². The maximum Gasteiger partial charge on any atom is 0.152 e. The molecule has 0 saturated heterocycles. The molecule has 0 bridgehead atoms. The molecule has 0 saturated carbocycles. The molecular formula is C16H30O. The van der Waals surface area contributed by atoms with Crippen molar-refractivity contribution in [1.29, 1.82) is 0 Å². The topological polar surface area (TPSA) is 17.1 Å². The molecule has 0 aliphatic heterocycles. The van der Waals surface area contributed by atoms with Crippen LogP contribution in [-0.4, -0.2) is 5.78 Å². The average Bonchev–Trinajstić information content (AvgIpc) is 2.33. The van der Waals surface area contributed by atoms with Crippen LogP contribution in [0, 0.1) is 0 Å². The van der Waals surface area contributed by atoms with E-state index >= 15 is 0 Å². The second-order valence-corrected chi connectivity index (χ2v) is 2.35. The van der Waals surface area contributed by atoms with Crippen molar-refractivity contribution in [1.82, 2.24) is 0 Å². The molecule has 0 N–H and O–H groups in total. The van der Waals surface area contributed by atoms with Crippen LogP contribution in [0.2, 0.25) is 0 Å². The molecule has 0 aromatic heterocycles. The summed E-state index contributed by atoms with van der Waals surface area (Å²) in [5, 5.41) is 0. The van der Waals surface area contributed by atoms with Gasteiger partial charge in [-0.05, 0) is 18.6 Å². The van der Waals surface area contributed by atoms with Crippen LogP contribution in [0.3, 0.4) is 0 Å². The quantitative estimate of drug-likeness (QED) is 0.612. The van der Waals surface area contributed by atoms with Crippen molar-refractivity contribution in [3.05, 3.63) is 42.0 Å². The zero-order valence-corrected chi connectivity index (χ0v) is 10.4. The molecule has 0 fully saturated rings. The number of carbonyl (C=O) groups excluding carboxylic acids is 1. The van der Waals surface area contributed by atoms with Gasteiger partial charge in [-0.2, -0.15) is 0 Å². The fourth-order valence-electron chi connectivity index (χ4n) is 0.778. The van der Waals surface area contributed by atoms with E-state index in [0.29, 0.717) is 0 Å². The first kappa shape index (κ1) is 24.7. The summed E-state index contributed by atoms with van der Waals surface area (Å²) in [4.78, 5) is 10.5. The number of hydrogen-bond acceptors (Lipinski definition) is 1. The average molecular weight is 238 g/mol. The number of hydrogen-bond donors (Lipinski definition) is 0. The van der Waals surface area contributed by atoms with Crippen molar-refractivity contribution in [2.75, 3.05) is 0 Å². The smallest absolute Gasteiger partial charge is 0.152 e. The maximum absolute atomic E-state index is 10.5. The number of benzene rings is 1. The van der Waals surface area contributed by atoms with Gasteiger partial charge in [0.1, 0.15) is 0 Å². The second-order valence-electron chi connectivity index (χ2n) is 2.35. The number of ketones is 1. The lowest BCUT2D eigenvalue weighted by molar-refractivity contribution is -0.112. The largest absolute Gasteiger partial charge is 0.295 e. The van der Waals surface area contributed by atoms with Gasteiger partial charge in [-0.1, -0.05) is 79.0 Å². The van der Waals surface area contributed by atoms with E-state index in [1.807, 2.05) is 64.1 Å². The predicted octanol–water partition coefficient (Wildman–Crippen LogP) is 5.61. The summed E-state index contributed by atoms with van der Waals surface area (Å²) >= 11 is 0. The SMILES string of the molecule is C.C.CC.CC.CC(=O)C=Cc1ccccc1. The van der Waals surface area contributed by atoms with Crippen molar-refractivity contribution in [3.8, 4) is 0 Å². The minimum absolute atomic E-state index is 0. The lowest BCUT2D eigenvalue weighted by Crippen LogP contribution is -1.79. The summed E-state index contributed by atoms with van der Waals surface area (Å²) in [6.45, 7) is 9.54. The molecule has 100 valence electrons. The second kappa shape index (κ2) is 20.1. The van der Waals surface area contributed by atoms with Gasteiger partial charge in [0.2, 0.25) is 0 Å². The highest BCUT2D eigenvalue weighted by molar-refractivity contribution is 5.91. The zero-order chi connectivity index (χ0) is 12.1. The standard InChI is InChI=1S/C10H10O.2C2H6.2CH4/c1-9(11)7-8-10-5-3-2-4-6-10;2*1-2;;/h2-8H,1H3;2*1-2H3;2*1H4. The summed E-state index contributed by atoms with van der Waals surface area (Å²) in [7, 11) is 0. The Hall–Kier alpha value is -1.37. The predicted molar refractivity (Wildman–Crippen MR) is 82.3 cm³/mol. The van der Waals surface area contributed by atoms with Gasteiger partial charge in [0.15, 0.2) is 5.78 Å². The van der Waals surface area contributed by atoms with E-state index in [2.05, 4.69) is 0 Å². The third kappa shape index (κ3) is 17.3. The fraction of sp³-hybridized carbons (Fsp3) is 0.438. The Kier molecular flexibility index (Phi) is 29.2. The Morgan fingerprint density at radius 1 is 0.941 bits per heavy atom. The molecule has 0 aliphatic carbocycles. The molecule has 1 aromatic carbocycles. The fourth-order valence-corrected chi connectivity index (χ4v) is 0.778. The van der Waals surface area contributed by atoms with E-state index in [1.54, 1.807) is 13.0 Å². The highest BCUT2D eigenvalue weighted by Crippen LogP contribution is 2.00. The number of rotatable bonds is 2. The van der Waals surface area contributed by atoms with Gasteiger partial charge in [0.05, 0.1) is 0 Å². The van der Waals surface area contributed by atoms with Crippen LogP contribution >= 0.6 is 0 Å². The highest BCUT2D eigenvalue weighted by Gasteiger charge is 1.83. The summed E-state index contributed by atoms with van der Waals surface area (Å²) in [5.74, 6) is 0.0776.